The normalized spacial score (nSPS) is 30.1. The van der Waals surface area contributed by atoms with Crippen LogP contribution in [0.2, 0.25) is 0 Å². The van der Waals surface area contributed by atoms with E-state index in [1.54, 1.807) is 0 Å². The van der Waals surface area contributed by atoms with Crippen molar-refractivity contribution in [3.05, 3.63) is 34.3 Å². The molecule has 0 saturated heterocycles. The molecule has 0 aromatic heterocycles. The summed E-state index contributed by atoms with van der Waals surface area (Å²) in [5.41, 5.74) is 1.38. The summed E-state index contributed by atoms with van der Waals surface area (Å²) in [5, 5.41) is 3.84. The molecule has 0 amide bonds. The van der Waals surface area contributed by atoms with Gasteiger partial charge in [-0.05, 0) is 49.3 Å². The average Bonchev–Trinajstić information content (AvgIpc) is 2.34. The van der Waals surface area contributed by atoms with Crippen LogP contribution in [0.25, 0.3) is 0 Å². The maximum Gasteiger partial charge on any atom is 0.0294 e. The van der Waals surface area contributed by atoms with E-state index in [1.165, 1.54) is 24.8 Å². The van der Waals surface area contributed by atoms with Gasteiger partial charge in [0.15, 0.2) is 0 Å². The number of benzene rings is 1. The van der Waals surface area contributed by atoms with Gasteiger partial charge < -0.3 is 5.32 Å². The van der Waals surface area contributed by atoms with E-state index in [4.69, 9.17) is 0 Å². The fourth-order valence-electron chi connectivity index (χ4n) is 3.15. The van der Waals surface area contributed by atoms with Gasteiger partial charge in [0.2, 0.25) is 0 Å². The van der Waals surface area contributed by atoms with Crippen LogP contribution in [0, 0.1) is 11.8 Å². The number of hydrogen-bond donors (Lipinski definition) is 1. The summed E-state index contributed by atoms with van der Waals surface area (Å²) in [6.45, 7) is 7.06. The number of hydrogen-bond acceptors (Lipinski definition) is 1. The highest BCUT2D eigenvalue weighted by atomic mass is 79.9. The Balaban J connectivity index is 2.01. The smallest absolute Gasteiger partial charge is 0.0294 e. The van der Waals surface area contributed by atoms with Gasteiger partial charge in [-0.15, -0.1) is 0 Å². The summed E-state index contributed by atoms with van der Waals surface area (Å²) in [6, 6.07) is 9.77. The second-order valence-corrected chi connectivity index (χ2v) is 6.77. The van der Waals surface area contributed by atoms with E-state index in [2.05, 4.69) is 66.3 Å². The van der Waals surface area contributed by atoms with Crippen molar-refractivity contribution in [2.75, 3.05) is 0 Å². The van der Waals surface area contributed by atoms with Gasteiger partial charge in [0, 0.05) is 16.6 Å². The first kappa shape index (κ1) is 14.1. The molecule has 1 N–H and O–H groups in total. The third-order valence-corrected chi connectivity index (χ3v) is 4.89. The number of nitrogens with one attached hydrogen (secondary N) is 1. The standard InChI is InChI=1S/C16H24BrN/c1-11-5-4-6-12(2)16(11)18-13(3)14-7-9-15(17)10-8-14/h7-13,16,18H,4-6H2,1-3H3. The Bertz CT molecular complexity index is 363. The Kier molecular flexibility index (Phi) is 4.85. The van der Waals surface area contributed by atoms with Crippen molar-refractivity contribution >= 4 is 15.9 Å². The van der Waals surface area contributed by atoms with E-state index in [-0.39, 0.29) is 0 Å². The highest BCUT2D eigenvalue weighted by Crippen LogP contribution is 2.30. The van der Waals surface area contributed by atoms with Crippen molar-refractivity contribution < 1.29 is 0 Å². The Labute approximate surface area is 119 Å². The van der Waals surface area contributed by atoms with Gasteiger partial charge in [0.05, 0.1) is 0 Å². The quantitative estimate of drug-likeness (QED) is 0.835. The molecule has 1 aromatic carbocycles. The molecule has 1 nitrogen and oxygen atoms in total. The molecule has 2 heteroatoms. The van der Waals surface area contributed by atoms with Crippen LogP contribution in [0.1, 0.15) is 51.6 Å². The minimum atomic E-state index is 0.436. The molecule has 0 aliphatic heterocycles. The van der Waals surface area contributed by atoms with Crippen LogP contribution in [0.15, 0.2) is 28.7 Å². The van der Waals surface area contributed by atoms with Crippen LogP contribution in [-0.4, -0.2) is 6.04 Å². The minimum absolute atomic E-state index is 0.436. The lowest BCUT2D eigenvalue weighted by molar-refractivity contribution is 0.196. The van der Waals surface area contributed by atoms with Crippen LogP contribution < -0.4 is 5.32 Å². The molecule has 1 aromatic rings. The molecule has 3 unspecified atom stereocenters. The van der Waals surface area contributed by atoms with Gasteiger partial charge in [-0.2, -0.15) is 0 Å². The Morgan fingerprint density at radius 3 is 2.22 bits per heavy atom. The molecule has 1 saturated carbocycles. The van der Waals surface area contributed by atoms with Gasteiger partial charge >= 0.3 is 0 Å². The van der Waals surface area contributed by atoms with Crippen molar-refractivity contribution in [2.24, 2.45) is 11.8 Å². The van der Waals surface area contributed by atoms with E-state index in [9.17, 15) is 0 Å². The fourth-order valence-corrected chi connectivity index (χ4v) is 3.41. The number of halogens is 1. The summed E-state index contributed by atoms with van der Waals surface area (Å²) in [4.78, 5) is 0. The predicted octanol–water partition coefficient (Wildman–Crippen LogP) is 4.92. The molecule has 0 radical (unpaired) electrons. The predicted molar refractivity (Wildman–Crippen MR) is 81.7 cm³/mol. The zero-order valence-corrected chi connectivity index (χ0v) is 13.2. The summed E-state index contributed by atoms with van der Waals surface area (Å²) in [5.74, 6) is 1.60. The molecule has 1 fully saturated rings. The first-order valence-corrected chi connectivity index (χ1v) is 7.88. The molecule has 0 spiro atoms. The third-order valence-electron chi connectivity index (χ3n) is 4.36. The van der Waals surface area contributed by atoms with E-state index in [0.717, 1.165) is 16.3 Å². The average molecular weight is 310 g/mol. The van der Waals surface area contributed by atoms with Crippen molar-refractivity contribution in [3.63, 3.8) is 0 Å². The second kappa shape index (κ2) is 6.21. The van der Waals surface area contributed by atoms with Crippen molar-refractivity contribution in [1.29, 1.82) is 0 Å². The van der Waals surface area contributed by atoms with Crippen LogP contribution in [0.5, 0.6) is 0 Å². The molecule has 0 heterocycles. The Hall–Kier alpha value is -0.340. The van der Waals surface area contributed by atoms with Crippen molar-refractivity contribution in [1.82, 2.24) is 5.32 Å². The first-order chi connectivity index (χ1) is 8.58. The summed E-state index contributed by atoms with van der Waals surface area (Å²) in [7, 11) is 0. The second-order valence-electron chi connectivity index (χ2n) is 5.85. The lowest BCUT2D eigenvalue weighted by Gasteiger charge is -2.37. The van der Waals surface area contributed by atoms with E-state index < -0.39 is 0 Å². The van der Waals surface area contributed by atoms with Crippen LogP contribution in [0.3, 0.4) is 0 Å². The maximum absolute atomic E-state index is 3.84. The maximum atomic E-state index is 3.84. The molecular weight excluding hydrogens is 286 g/mol. The third kappa shape index (κ3) is 3.36. The zero-order valence-electron chi connectivity index (χ0n) is 11.6. The molecule has 2 rings (SSSR count). The highest BCUT2D eigenvalue weighted by molar-refractivity contribution is 9.10. The van der Waals surface area contributed by atoms with E-state index in [1.807, 2.05) is 0 Å². The molecule has 1 aliphatic rings. The SMILES string of the molecule is CC(NC1C(C)CCCC1C)c1ccc(Br)cc1. The molecular formula is C16H24BrN. The fraction of sp³-hybridized carbons (Fsp3) is 0.625. The van der Waals surface area contributed by atoms with Gasteiger partial charge in [-0.25, -0.2) is 0 Å². The van der Waals surface area contributed by atoms with Gasteiger partial charge in [-0.1, -0.05) is 48.3 Å². The lowest BCUT2D eigenvalue weighted by Crippen LogP contribution is -2.43. The monoisotopic (exact) mass is 309 g/mol. The zero-order chi connectivity index (χ0) is 13.1. The molecule has 18 heavy (non-hydrogen) atoms. The minimum Gasteiger partial charge on any atom is -0.307 e. The molecule has 3 atom stereocenters. The summed E-state index contributed by atoms with van der Waals surface area (Å²) in [6.07, 6.45) is 4.14. The lowest BCUT2D eigenvalue weighted by atomic mass is 9.78. The van der Waals surface area contributed by atoms with E-state index in [0.29, 0.717) is 12.1 Å². The topological polar surface area (TPSA) is 12.0 Å². The van der Waals surface area contributed by atoms with Gasteiger partial charge in [0.25, 0.3) is 0 Å². The first-order valence-electron chi connectivity index (χ1n) is 7.09. The van der Waals surface area contributed by atoms with E-state index >= 15 is 0 Å². The van der Waals surface area contributed by atoms with Gasteiger partial charge in [-0.3, -0.25) is 0 Å². The van der Waals surface area contributed by atoms with Crippen LogP contribution in [0.4, 0.5) is 0 Å². The highest BCUT2D eigenvalue weighted by Gasteiger charge is 2.28. The molecule has 100 valence electrons. The van der Waals surface area contributed by atoms with Crippen LogP contribution >= 0.6 is 15.9 Å². The van der Waals surface area contributed by atoms with Crippen LogP contribution in [-0.2, 0) is 0 Å². The Morgan fingerprint density at radius 2 is 1.67 bits per heavy atom. The molecule has 0 bridgehead atoms. The summed E-state index contributed by atoms with van der Waals surface area (Å²) < 4.78 is 1.15. The number of rotatable bonds is 3. The van der Waals surface area contributed by atoms with Crippen molar-refractivity contribution in [2.45, 2.75) is 52.1 Å². The van der Waals surface area contributed by atoms with Gasteiger partial charge in [0.1, 0.15) is 0 Å². The summed E-state index contributed by atoms with van der Waals surface area (Å²) >= 11 is 3.49. The largest absolute Gasteiger partial charge is 0.307 e. The van der Waals surface area contributed by atoms with Crippen molar-refractivity contribution in [3.8, 4) is 0 Å². The Morgan fingerprint density at radius 1 is 1.11 bits per heavy atom. The molecule has 1 aliphatic carbocycles.